The van der Waals surface area contributed by atoms with Gasteiger partial charge in [-0.25, -0.2) is 9.18 Å². The van der Waals surface area contributed by atoms with Crippen molar-refractivity contribution in [1.29, 1.82) is 5.26 Å². The van der Waals surface area contributed by atoms with Gasteiger partial charge in [0.15, 0.2) is 0 Å². The van der Waals surface area contributed by atoms with Crippen molar-refractivity contribution >= 4 is 5.97 Å². The highest BCUT2D eigenvalue weighted by atomic mass is 19.4. The van der Waals surface area contributed by atoms with Crippen molar-refractivity contribution in [3.63, 3.8) is 0 Å². The third kappa shape index (κ3) is 5.60. The monoisotopic (exact) mass is 332 g/mol. The second kappa shape index (κ2) is 7.60. The maximum Gasteiger partial charge on any atom is 0.490 e. The predicted molar refractivity (Wildman–Crippen MR) is 71.2 cm³/mol. The summed E-state index contributed by atoms with van der Waals surface area (Å²) in [7, 11) is 0. The van der Waals surface area contributed by atoms with Crippen LogP contribution in [0.4, 0.5) is 17.6 Å². The number of aliphatic carboxylic acids is 1. The number of rotatable bonds is 2. The van der Waals surface area contributed by atoms with E-state index in [4.69, 9.17) is 19.9 Å². The van der Waals surface area contributed by atoms with Crippen LogP contribution >= 0.6 is 0 Å². The third-order valence-corrected chi connectivity index (χ3v) is 2.72. The molecule has 1 heterocycles. The Morgan fingerprint density at radius 3 is 2.48 bits per heavy atom. The summed E-state index contributed by atoms with van der Waals surface area (Å²) >= 11 is 0. The van der Waals surface area contributed by atoms with Gasteiger partial charge in [-0.1, -0.05) is 6.58 Å². The van der Waals surface area contributed by atoms with E-state index < -0.39 is 18.0 Å². The van der Waals surface area contributed by atoms with Crippen LogP contribution in [-0.2, 0) is 4.79 Å². The number of alkyl halides is 3. The Bertz CT molecular complexity index is 638. The number of nitriles is 1. The lowest BCUT2D eigenvalue weighted by Gasteiger charge is -2.13. The molecule has 0 aromatic heterocycles. The van der Waals surface area contributed by atoms with Gasteiger partial charge in [0, 0.05) is 19.2 Å². The zero-order valence-corrected chi connectivity index (χ0v) is 11.7. The first-order valence-corrected chi connectivity index (χ1v) is 6.20. The summed E-state index contributed by atoms with van der Waals surface area (Å²) in [5.41, 5.74) is 0.973. The van der Waals surface area contributed by atoms with Gasteiger partial charge in [0.1, 0.15) is 23.7 Å². The van der Waals surface area contributed by atoms with E-state index in [0.29, 0.717) is 12.3 Å². The Labute approximate surface area is 128 Å². The Balaban J connectivity index is 0.000000322. The lowest BCUT2D eigenvalue weighted by atomic mass is 10.2. The van der Waals surface area contributed by atoms with Gasteiger partial charge in [0.25, 0.3) is 0 Å². The van der Waals surface area contributed by atoms with E-state index in [-0.39, 0.29) is 11.7 Å². The quantitative estimate of drug-likeness (QED) is 0.641. The second-order valence-electron chi connectivity index (χ2n) is 4.45. The maximum atomic E-state index is 13.3. The van der Waals surface area contributed by atoms with Crippen molar-refractivity contribution in [2.75, 3.05) is 13.1 Å². The summed E-state index contributed by atoms with van der Waals surface area (Å²) in [6.07, 6.45) is -5.20. The fraction of sp³-hybridized carbons (Fsp3) is 0.286. The van der Waals surface area contributed by atoms with Gasteiger partial charge in [-0.15, -0.1) is 0 Å². The molecule has 0 unspecified atom stereocenters. The summed E-state index contributed by atoms with van der Waals surface area (Å²) in [6.45, 7) is 5.26. The molecule has 0 saturated carbocycles. The van der Waals surface area contributed by atoms with Crippen molar-refractivity contribution in [2.24, 2.45) is 0 Å². The smallest absolute Gasteiger partial charge is 0.485 e. The van der Waals surface area contributed by atoms with Crippen LogP contribution in [0.1, 0.15) is 5.56 Å². The summed E-state index contributed by atoms with van der Waals surface area (Å²) < 4.78 is 50.6. The zero-order valence-electron chi connectivity index (χ0n) is 11.7. The van der Waals surface area contributed by atoms with Gasteiger partial charge in [-0.05, 0) is 17.7 Å². The van der Waals surface area contributed by atoms with Gasteiger partial charge in [0.2, 0.25) is 0 Å². The molecule has 1 saturated heterocycles. The van der Waals surface area contributed by atoms with E-state index in [2.05, 4.69) is 11.9 Å². The highest BCUT2D eigenvalue weighted by Gasteiger charge is 2.38. The zero-order chi connectivity index (χ0) is 17.6. The Morgan fingerprint density at radius 2 is 2.09 bits per heavy atom. The lowest BCUT2D eigenvalue weighted by Crippen LogP contribution is -2.21. The van der Waals surface area contributed by atoms with Crippen molar-refractivity contribution in [3.8, 4) is 11.8 Å². The number of halogens is 4. The Hall–Kier alpha value is -2.60. The van der Waals surface area contributed by atoms with Crippen LogP contribution in [0.2, 0.25) is 0 Å². The molecule has 0 radical (unpaired) electrons. The first-order valence-electron chi connectivity index (χ1n) is 6.20. The largest absolute Gasteiger partial charge is 0.490 e. The van der Waals surface area contributed by atoms with E-state index in [1.807, 2.05) is 0 Å². The van der Waals surface area contributed by atoms with Crippen LogP contribution in [0.3, 0.4) is 0 Å². The normalized spacial score (nSPS) is 17.0. The molecule has 1 aliphatic rings. The van der Waals surface area contributed by atoms with Crippen LogP contribution in [0.15, 0.2) is 30.4 Å². The van der Waals surface area contributed by atoms with Crippen LogP contribution in [0.5, 0.6) is 5.75 Å². The molecule has 0 bridgehead atoms. The number of nitrogens with one attached hydrogen (secondary N) is 1. The molecule has 9 heteroatoms. The molecule has 1 aromatic rings. The molecular weight excluding hydrogens is 320 g/mol. The molecule has 2 N–H and O–H groups in total. The molecule has 23 heavy (non-hydrogen) atoms. The van der Waals surface area contributed by atoms with Crippen LogP contribution in [0, 0.1) is 17.1 Å². The minimum absolute atomic E-state index is 0.0238. The first kappa shape index (κ1) is 18.4. The minimum atomic E-state index is -5.08. The third-order valence-electron chi connectivity index (χ3n) is 2.72. The van der Waals surface area contributed by atoms with Crippen LogP contribution < -0.4 is 10.1 Å². The topological polar surface area (TPSA) is 82.3 Å². The van der Waals surface area contributed by atoms with Crippen molar-refractivity contribution in [2.45, 2.75) is 12.3 Å². The molecule has 2 rings (SSSR count). The molecule has 1 aliphatic heterocycles. The second-order valence-corrected chi connectivity index (χ2v) is 4.45. The Morgan fingerprint density at radius 1 is 1.48 bits per heavy atom. The van der Waals surface area contributed by atoms with E-state index in [1.54, 1.807) is 12.1 Å². The molecule has 0 aliphatic carbocycles. The standard InChI is InChI=1S/C12H11FN2O.C2HF3O2/c1-8-6-15-7-12(8)16-10-3-2-9(5-14)11(13)4-10;3-2(4,5)1(6)7/h2-4,12,15H,1,6-7H2;(H,6,7)/t12-;/m0./s1. The van der Waals surface area contributed by atoms with Gasteiger partial charge in [-0.3, -0.25) is 0 Å². The van der Waals surface area contributed by atoms with E-state index in [1.165, 1.54) is 12.1 Å². The number of carboxylic acids is 1. The van der Waals surface area contributed by atoms with Gasteiger partial charge in [-0.2, -0.15) is 18.4 Å². The fourth-order valence-corrected chi connectivity index (χ4v) is 1.57. The number of carboxylic acid groups (broad SMARTS) is 1. The number of hydrogen-bond acceptors (Lipinski definition) is 4. The molecule has 0 spiro atoms. The van der Waals surface area contributed by atoms with Gasteiger partial charge < -0.3 is 15.2 Å². The average molecular weight is 332 g/mol. The van der Waals surface area contributed by atoms with E-state index >= 15 is 0 Å². The van der Waals surface area contributed by atoms with Gasteiger partial charge in [0.05, 0.1) is 5.56 Å². The summed E-state index contributed by atoms with van der Waals surface area (Å²) in [4.78, 5) is 8.90. The number of ether oxygens (including phenoxy) is 1. The highest BCUT2D eigenvalue weighted by Crippen LogP contribution is 2.20. The fourth-order valence-electron chi connectivity index (χ4n) is 1.57. The SMILES string of the molecule is C=C1CNC[C@@H]1Oc1ccc(C#N)c(F)c1.O=C(O)C(F)(F)F. The van der Waals surface area contributed by atoms with Crippen molar-refractivity contribution < 1.29 is 32.2 Å². The van der Waals surface area contributed by atoms with E-state index in [9.17, 15) is 17.6 Å². The maximum absolute atomic E-state index is 13.3. The number of nitrogens with zero attached hydrogens (tertiary/aromatic N) is 1. The summed E-state index contributed by atoms with van der Waals surface area (Å²) in [5.74, 6) is -2.89. The average Bonchev–Trinajstić information content (AvgIpc) is 2.84. The number of hydrogen-bond donors (Lipinski definition) is 2. The Kier molecular flexibility index (Phi) is 6.10. The molecular formula is C14H12F4N2O3. The summed E-state index contributed by atoms with van der Waals surface area (Å²) in [5, 5.41) is 18.8. The van der Waals surface area contributed by atoms with Crippen LogP contribution in [0.25, 0.3) is 0 Å². The van der Waals surface area contributed by atoms with E-state index in [0.717, 1.165) is 12.1 Å². The molecule has 1 atom stereocenters. The molecule has 5 nitrogen and oxygen atoms in total. The number of carbonyl (C=O) groups is 1. The van der Waals surface area contributed by atoms with Crippen LogP contribution in [-0.4, -0.2) is 36.4 Å². The lowest BCUT2D eigenvalue weighted by molar-refractivity contribution is -0.192. The van der Waals surface area contributed by atoms with Crippen molar-refractivity contribution in [1.82, 2.24) is 5.32 Å². The number of benzene rings is 1. The van der Waals surface area contributed by atoms with Gasteiger partial charge >= 0.3 is 12.1 Å². The first-order chi connectivity index (χ1) is 10.6. The summed E-state index contributed by atoms with van der Waals surface area (Å²) in [6, 6.07) is 5.99. The molecule has 124 valence electrons. The minimum Gasteiger partial charge on any atom is -0.485 e. The highest BCUT2D eigenvalue weighted by molar-refractivity contribution is 5.73. The van der Waals surface area contributed by atoms with Crippen molar-refractivity contribution in [3.05, 3.63) is 41.7 Å². The predicted octanol–water partition coefficient (Wildman–Crippen LogP) is 2.24. The molecule has 1 aromatic carbocycles. The molecule has 1 fully saturated rings. The molecule has 0 amide bonds.